The van der Waals surface area contributed by atoms with Crippen molar-refractivity contribution in [3.05, 3.63) is 70.2 Å². The molecule has 0 N–H and O–H groups in total. The molecule has 2 aromatic rings. The fraction of sp³-hybridized carbons (Fsp3) is 0.167. The van der Waals surface area contributed by atoms with Crippen molar-refractivity contribution in [1.82, 2.24) is 0 Å². The Labute approximate surface area is 138 Å². The molecule has 0 saturated carbocycles. The molecule has 2 aromatic carbocycles. The van der Waals surface area contributed by atoms with Gasteiger partial charge in [0.05, 0.1) is 7.11 Å². The van der Waals surface area contributed by atoms with Crippen molar-refractivity contribution in [3.8, 4) is 11.5 Å². The minimum atomic E-state index is 0.417. The second kappa shape index (κ2) is 7.80. The molecule has 0 aliphatic heterocycles. The Hall–Kier alpha value is -2.07. The van der Waals surface area contributed by atoms with Gasteiger partial charge in [0.15, 0.2) is 11.5 Å². The van der Waals surface area contributed by atoms with Crippen LogP contribution in [0.3, 0.4) is 0 Å². The summed E-state index contributed by atoms with van der Waals surface area (Å²) in [5, 5.41) is 0. The van der Waals surface area contributed by atoms with Crippen LogP contribution in [0.15, 0.2) is 53.5 Å². The van der Waals surface area contributed by atoms with Crippen molar-refractivity contribution in [2.45, 2.75) is 13.0 Å². The van der Waals surface area contributed by atoms with Crippen LogP contribution in [0.2, 0.25) is 0 Å². The Balaban J connectivity index is 2.31. The van der Waals surface area contributed by atoms with E-state index in [0.717, 1.165) is 21.9 Å². The number of allylic oxidation sites excluding steroid dienone is 1. The number of hydrogen-bond donors (Lipinski definition) is 0. The Morgan fingerprint density at radius 2 is 2.09 bits per heavy atom. The van der Waals surface area contributed by atoms with Crippen molar-refractivity contribution < 1.29 is 14.3 Å². The first-order valence-electron chi connectivity index (χ1n) is 6.82. The van der Waals surface area contributed by atoms with Crippen molar-refractivity contribution in [3.63, 3.8) is 0 Å². The van der Waals surface area contributed by atoms with Crippen LogP contribution >= 0.6 is 15.9 Å². The van der Waals surface area contributed by atoms with Gasteiger partial charge < -0.3 is 9.47 Å². The molecular weight excluding hydrogens is 344 g/mol. The van der Waals surface area contributed by atoms with E-state index < -0.39 is 0 Å². The molecule has 3 nitrogen and oxygen atoms in total. The van der Waals surface area contributed by atoms with Crippen molar-refractivity contribution in [2.75, 3.05) is 7.11 Å². The molecule has 0 aliphatic carbocycles. The second-order valence-corrected chi connectivity index (χ2v) is 5.66. The van der Waals surface area contributed by atoms with Crippen LogP contribution in [0.5, 0.6) is 11.5 Å². The fourth-order valence-corrected chi connectivity index (χ4v) is 2.60. The zero-order valence-electron chi connectivity index (χ0n) is 12.3. The zero-order valence-corrected chi connectivity index (χ0v) is 13.9. The Bertz CT molecular complexity index is 680. The van der Waals surface area contributed by atoms with Crippen molar-refractivity contribution >= 4 is 22.2 Å². The fourth-order valence-electron chi connectivity index (χ4n) is 2.16. The molecule has 0 heterocycles. The highest BCUT2D eigenvalue weighted by Gasteiger charge is 2.13. The molecule has 0 spiro atoms. The van der Waals surface area contributed by atoms with E-state index in [1.807, 2.05) is 24.3 Å². The molecule has 0 radical (unpaired) electrons. The van der Waals surface area contributed by atoms with Gasteiger partial charge in [0.25, 0.3) is 0 Å². The van der Waals surface area contributed by atoms with Crippen LogP contribution in [0.25, 0.3) is 0 Å². The highest BCUT2D eigenvalue weighted by atomic mass is 79.9. The van der Waals surface area contributed by atoms with Gasteiger partial charge in [0.1, 0.15) is 12.9 Å². The van der Waals surface area contributed by atoms with Crippen LogP contribution in [0.4, 0.5) is 0 Å². The van der Waals surface area contributed by atoms with E-state index >= 15 is 0 Å². The predicted molar refractivity (Wildman–Crippen MR) is 90.8 cm³/mol. The maximum atomic E-state index is 11.0. The number of halogens is 1. The Morgan fingerprint density at radius 3 is 2.73 bits per heavy atom. The zero-order chi connectivity index (χ0) is 15.9. The Morgan fingerprint density at radius 1 is 1.27 bits per heavy atom. The van der Waals surface area contributed by atoms with Crippen molar-refractivity contribution in [2.24, 2.45) is 0 Å². The average Bonchev–Trinajstić information content (AvgIpc) is 2.53. The molecular formula is C18H17BrO3. The smallest absolute Gasteiger partial charge is 0.165 e. The van der Waals surface area contributed by atoms with E-state index in [1.165, 1.54) is 0 Å². The van der Waals surface area contributed by atoms with E-state index in [2.05, 4.69) is 22.5 Å². The molecule has 0 aromatic heterocycles. The third-order valence-corrected chi connectivity index (χ3v) is 3.64. The van der Waals surface area contributed by atoms with E-state index in [-0.39, 0.29) is 0 Å². The average molecular weight is 361 g/mol. The number of rotatable bonds is 7. The van der Waals surface area contributed by atoms with Crippen molar-refractivity contribution in [1.29, 1.82) is 0 Å². The number of ether oxygens (including phenoxy) is 2. The van der Waals surface area contributed by atoms with Gasteiger partial charge in [-0.25, -0.2) is 0 Å². The van der Waals surface area contributed by atoms with E-state index in [4.69, 9.17) is 9.47 Å². The predicted octanol–water partition coefficient (Wildman–Crippen LogP) is 4.58. The number of benzene rings is 2. The summed E-state index contributed by atoms with van der Waals surface area (Å²) in [4.78, 5) is 11.0. The monoisotopic (exact) mass is 360 g/mol. The lowest BCUT2D eigenvalue weighted by molar-refractivity contribution is 0.112. The summed E-state index contributed by atoms with van der Waals surface area (Å²) in [6.45, 7) is 4.16. The molecule has 4 heteroatoms. The minimum Gasteiger partial charge on any atom is -0.493 e. The topological polar surface area (TPSA) is 35.5 Å². The molecule has 0 fully saturated rings. The van der Waals surface area contributed by atoms with Crippen LogP contribution < -0.4 is 9.47 Å². The minimum absolute atomic E-state index is 0.417. The van der Waals surface area contributed by atoms with Gasteiger partial charge in [-0.05, 0) is 36.2 Å². The van der Waals surface area contributed by atoms with Crippen LogP contribution in [0.1, 0.15) is 21.5 Å². The summed E-state index contributed by atoms with van der Waals surface area (Å²) in [5.74, 6) is 1.20. The summed E-state index contributed by atoms with van der Waals surface area (Å²) in [6, 6.07) is 11.4. The molecule has 0 bridgehead atoms. The third-order valence-electron chi connectivity index (χ3n) is 3.15. The molecule has 0 saturated heterocycles. The van der Waals surface area contributed by atoms with E-state index in [0.29, 0.717) is 30.1 Å². The van der Waals surface area contributed by atoms with Gasteiger partial charge in [0, 0.05) is 15.6 Å². The first kappa shape index (κ1) is 16.3. The van der Waals surface area contributed by atoms with Gasteiger partial charge >= 0.3 is 0 Å². The largest absolute Gasteiger partial charge is 0.493 e. The molecule has 22 heavy (non-hydrogen) atoms. The first-order valence-corrected chi connectivity index (χ1v) is 7.61. The summed E-state index contributed by atoms with van der Waals surface area (Å²) in [7, 11) is 1.56. The maximum Gasteiger partial charge on any atom is 0.165 e. The maximum absolute atomic E-state index is 11.0. The number of carbonyl (C=O) groups excluding carboxylic acids is 1. The van der Waals surface area contributed by atoms with Gasteiger partial charge in [-0.3, -0.25) is 4.79 Å². The second-order valence-electron chi connectivity index (χ2n) is 4.74. The molecule has 114 valence electrons. The van der Waals surface area contributed by atoms with Gasteiger partial charge in [-0.15, -0.1) is 6.58 Å². The van der Waals surface area contributed by atoms with Crippen LogP contribution in [0, 0.1) is 0 Å². The summed E-state index contributed by atoms with van der Waals surface area (Å²) in [5.41, 5.74) is 2.48. The molecule has 0 atom stereocenters. The molecule has 0 unspecified atom stereocenters. The normalized spacial score (nSPS) is 10.1. The third kappa shape index (κ3) is 3.98. The lowest BCUT2D eigenvalue weighted by atomic mass is 10.1. The number of aldehydes is 1. The SMILES string of the molecule is C=CCc1cc(C=O)cc(OC)c1OCc1cccc(Br)c1. The highest BCUT2D eigenvalue weighted by molar-refractivity contribution is 9.10. The molecule has 0 amide bonds. The number of carbonyl (C=O) groups is 1. The van der Waals surface area contributed by atoms with E-state index in [1.54, 1.807) is 25.3 Å². The lowest BCUT2D eigenvalue weighted by Gasteiger charge is -2.15. The van der Waals surface area contributed by atoms with Gasteiger partial charge in [-0.1, -0.05) is 34.1 Å². The number of methoxy groups -OCH3 is 1. The lowest BCUT2D eigenvalue weighted by Crippen LogP contribution is -2.02. The Kier molecular flexibility index (Phi) is 5.78. The molecule has 0 aliphatic rings. The molecule has 2 rings (SSSR count). The first-order chi connectivity index (χ1) is 10.7. The highest BCUT2D eigenvalue weighted by Crippen LogP contribution is 2.34. The van der Waals surface area contributed by atoms with Crippen LogP contribution in [-0.4, -0.2) is 13.4 Å². The summed E-state index contributed by atoms with van der Waals surface area (Å²) < 4.78 is 12.3. The summed E-state index contributed by atoms with van der Waals surface area (Å²) >= 11 is 3.44. The number of hydrogen-bond acceptors (Lipinski definition) is 3. The van der Waals surface area contributed by atoms with Gasteiger partial charge in [-0.2, -0.15) is 0 Å². The van der Waals surface area contributed by atoms with Gasteiger partial charge in [0.2, 0.25) is 0 Å². The summed E-state index contributed by atoms with van der Waals surface area (Å²) in [6.07, 6.45) is 3.17. The van der Waals surface area contributed by atoms with E-state index in [9.17, 15) is 4.79 Å². The quantitative estimate of drug-likeness (QED) is 0.535. The standard InChI is InChI=1S/C18H17BrO3/c1-3-5-15-8-14(11-20)10-17(21-2)18(15)22-12-13-6-4-7-16(19)9-13/h3-4,6-11H,1,5,12H2,2H3. The van der Waals surface area contributed by atoms with Crippen LogP contribution in [-0.2, 0) is 13.0 Å².